The van der Waals surface area contributed by atoms with Crippen LogP contribution in [0, 0.1) is 0 Å². The lowest BCUT2D eigenvalue weighted by atomic mass is 10.1. The summed E-state index contributed by atoms with van der Waals surface area (Å²) in [4.78, 5) is 13.4. The number of halogens is 4. The molecule has 0 heterocycles. The Balaban J connectivity index is 3.12. The maximum Gasteiger partial charge on any atom is 0.416 e. The van der Waals surface area contributed by atoms with Crippen molar-refractivity contribution in [3.8, 4) is 0 Å². The fourth-order valence-electron chi connectivity index (χ4n) is 1.51. The first-order valence-electron chi connectivity index (χ1n) is 5.39. The Hall–Kier alpha value is -1.04. The highest BCUT2D eigenvalue weighted by atomic mass is 79.9. The van der Waals surface area contributed by atoms with E-state index in [-0.39, 0.29) is 5.56 Å². The molecule has 100 valence electrons. The van der Waals surface area contributed by atoms with Gasteiger partial charge in [-0.25, -0.2) is 0 Å². The number of hydrogen-bond acceptors (Lipinski definition) is 1. The highest BCUT2D eigenvalue weighted by molar-refractivity contribution is 9.10. The third-order valence-electron chi connectivity index (χ3n) is 2.43. The van der Waals surface area contributed by atoms with Gasteiger partial charge in [0.1, 0.15) is 0 Å². The molecule has 6 heteroatoms. The minimum Gasteiger partial charge on any atom is -0.342 e. The summed E-state index contributed by atoms with van der Waals surface area (Å²) >= 11 is 3.10. The predicted molar refractivity (Wildman–Crippen MR) is 66.4 cm³/mol. The van der Waals surface area contributed by atoms with Crippen LogP contribution in [0.4, 0.5) is 13.2 Å². The van der Waals surface area contributed by atoms with Crippen molar-refractivity contribution >= 4 is 21.8 Å². The summed E-state index contributed by atoms with van der Waals surface area (Å²) in [5.41, 5.74) is -0.792. The summed E-state index contributed by atoms with van der Waals surface area (Å²) in [6.07, 6.45) is -3.70. The van der Waals surface area contributed by atoms with Gasteiger partial charge >= 0.3 is 6.18 Å². The van der Waals surface area contributed by atoms with E-state index in [9.17, 15) is 18.0 Å². The number of rotatable bonds is 3. The van der Waals surface area contributed by atoms with E-state index in [2.05, 4.69) is 15.9 Å². The van der Waals surface area contributed by atoms with E-state index in [1.54, 1.807) is 7.05 Å². The smallest absolute Gasteiger partial charge is 0.342 e. The minimum atomic E-state index is -4.45. The molecule has 1 amide bonds. The van der Waals surface area contributed by atoms with Crippen LogP contribution >= 0.6 is 15.9 Å². The van der Waals surface area contributed by atoms with Gasteiger partial charge in [0.05, 0.1) is 11.1 Å². The van der Waals surface area contributed by atoms with Crippen molar-refractivity contribution in [3.63, 3.8) is 0 Å². The van der Waals surface area contributed by atoms with Gasteiger partial charge in [-0.2, -0.15) is 13.2 Å². The van der Waals surface area contributed by atoms with E-state index in [0.29, 0.717) is 11.0 Å². The van der Waals surface area contributed by atoms with Crippen molar-refractivity contribution in [1.29, 1.82) is 0 Å². The maximum atomic E-state index is 12.6. The van der Waals surface area contributed by atoms with Gasteiger partial charge in [-0.15, -0.1) is 0 Å². The first-order chi connectivity index (χ1) is 8.27. The molecule has 0 spiro atoms. The molecule has 0 unspecified atom stereocenters. The molecule has 0 aromatic heterocycles. The lowest BCUT2D eigenvalue weighted by Crippen LogP contribution is -2.28. The second-order valence-electron chi connectivity index (χ2n) is 3.92. The molecule has 0 radical (unpaired) electrons. The molecule has 0 atom stereocenters. The molecule has 2 nitrogen and oxygen atoms in total. The number of alkyl halides is 3. The summed E-state index contributed by atoms with van der Waals surface area (Å²) in [6, 6.07) is 3.06. The first-order valence-corrected chi connectivity index (χ1v) is 6.19. The molecule has 0 saturated carbocycles. The summed E-state index contributed by atoms with van der Waals surface area (Å²) in [7, 11) is 1.57. The topological polar surface area (TPSA) is 20.3 Å². The Morgan fingerprint density at radius 2 is 2.00 bits per heavy atom. The van der Waals surface area contributed by atoms with Gasteiger partial charge in [-0.1, -0.05) is 6.92 Å². The molecule has 1 aromatic carbocycles. The third-order valence-corrected chi connectivity index (χ3v) is 3.12. The van der Waals surface area contributed by atoms with Crippen molar-refractivity contribution in [2.75, 3.05) is 13.6 Å². The summed E-state index contributed by atoms with van der Waals surface area (Å²) in [6.45, 7) is 2.40. The van der Waals surface area contributed by atoms with E-state index in [1.165, 1.54) is 11.0 Å². The van der Waals surface area contributed by atoms with Crippen molar-refractivity contribution in [2.24, 2.45) is 0 Å². The fourth-order valence-corrected chi connectivity index (χ4v) is 1.92. The van der Waals surface area contributed by atoms with Crippen molar-refractivity contribution in [2.45, 2.75) is 19.5 Å². The molecule has 0 aliphatic rings. The minimum absolute atomic E-state index is 0.0285. The lowest BCUT2D eigenvalue weighted by Gasteiger charge is -2.18. The van der Waals surface area contributed by atoms with Gasteiger partial charge in [-0.05, 0) is 40.5 Å². The molecule has 1 aromatic rings. The Kier molecular flexibility index (Phi) is 4.78. The van der Waals surface area contributed by atoms with Gasteiger partial charge in [0.2, 0.25) is 0 Å². The van der Waals surface area contributed by atoms with Crippen LogP contribution in [0.3, 0.4) is 0 Å². The second kappa shape index (κ2) is 5.73. The highest BCUT2D eigenvalue weighted by Gasteiger charge is 2.31. The quantitative estimate of drug-likeness (QED) is 0.824. The number of amides is 1. The van der Waals surface area contributed by atoms with Gasteiger partial charge in [0.25, 0.3) is 5.91 Å². The molecule has 0 N–H and O–H groups in total. The van der Waals surface area contributed by atoms with Crippen LogP contribution in [0.5, 0.6) is 0 Å². The van der Waals surface area contributed by atoms with Gasteiger partial charge in [0.15, 0.2) is 0 Å². The van der Waals surface area contributed by atoms with Crippen LogP contribution in [0.2, 0.25) is 0 Å². The number of carbonyl (C=O) groups is 1. The van der Waals surface area contributed by atoms with Crippen molar-refractivity contribution in [1.82, 2.24) is 4.90 Å². The average Bonchev–Trinajstić information content (AvgIpc) is 2.27. The maximum absolute atomic E-state index is 12.6. The van der Waals surface area contributed by atoms with Crippen LogP contribution in [-0.2, 0) is 6.18 Å². The summed E-state index contributed by atoms with van der Waals surface area (Å²) in [5, 5.41) is 0. The van der Waals surface area contributed by atoms with Crippen molar-refractivity contribution in [3.05, 3.63) is 33.8 Å². The largest absolute Gasteiger partial charge is 0.416 e. The van der Waals surface area contributed by atoms with E-state index in [0.717, 1.165) is 18.6 Å². The standard InChI is InChI=1S/C12H13BrF3NO/c1-3-6-17(2)11(18)9-7-8(12(14,15)16)4-5-10(9)13/h4-5,7H,3,6H2,1-2H3. The van der Waals surface area contributed by atoms with E-state index >= 15 is 0 Å². The lowest BCUT2D eigenvalue weighted by molar-refractivity contribution is -0.137. The summed E-state index contributed by atoms with van der Waals surface area (Å²) in [5.74, 6) is -0.421. The van der Waals surface area contributed by atoms with E-state index < -0.39 is 17.6 Å². The van der Waals surface area contributed by atoms with Crippen LogP contribution in [-0.4, -0.2) is 24.4 Å². The predicted octanol–water partition coefficient (Wildman–Crippen LogP) is 3.95. The zero-order valence-electron chi connectivity index (χ0n) is 10.0. The number of nitrogens with zero attached hydrogens (tertiary/aromatic N) is 1. The molecule has 0 fully saturated rings. The molecule has 0 aliphatic carbocycles. The second-order valence-corrected chi connectivity index (χ2v) is 4.77. The Morgan fingerprint density at radius 1 is 1.39 bits per heavy atom. The zero-order valence-corrected chi connectivity index (χ0v) is 11.6. The van der Waals surface area contributed by atoms with E-state index in [4.69, 9.17) is 0 Å². The molecule has 1 rings (SSSR count). The Labute approximate surface area is 112 Å². The first kappa shape index (κ1) is 15.0. The van der Waals surface area contributed by atoms with Gasteiger partial charge in [-0.3, -0.25) is 4.79 Å². The van der Waals surface area contributed by atoms with Gasteiger partial charge < -0.3 is 4.90 Å². The molecular weight excluding hydrogens is 311 g/mol. The Morgan fingerprint density at radius 3 is 2.50 bits per heavy atom. The molecular formula is C12H13BrF3NO. The molecule has 18 heavy (non-hydrogen) atoms. The number of carbonyl (C=O) groups excluding carboxylic acids is 1. The monoisotopic (exact) mass is 323 g/mol. The zero-order chi connectivity index (χ0) is 13.9. The van der Waals surface area contributed by atoms with Gasteiger partial charge in [0, 0.05) is 18.1 Å². The van der Waals surface area contributed by atoms with Crippen LogP contribution in [0.1, 0.15) is 29.3 Å². The molecule has 0 saturated heterocycles. The SMILES string of the molecule is CCCN(C)C(=O)c1cc(C(F)(F)F)ccc1Br. The van der Waals surface area contributed by atoms with Crippen LogP contribution < -0.4 is 0 Å². The van der Waals surface area contributed by atoms with Crippen molar-refractivity contribution < 1.29 is 18.0 Å². The number of hydrogen-bond donors (Lipinski definition) is 0. The Bertz CT molecular complexity index is 445. The number of benzene rings is 1. The van der Waals surface area contributed by atoms with Crippen LogP contribution in [0.15, 0.2) is 22.7 Å². The summed E-state index contributed by atoms with van der Waals surface area (Å²) < 4.78 is 38.1. The normalized spacial score (nSPS) is 11.4. The van der Waals surface area contributed by atoms with Crippen LogP contribution in [0.25, 0.3) is 0 Å². The highest BCUT2D eigenvalue weighted by Crippen LogP contribution is 2.32. The average molecular weight is 324 g/mol. The third kappa shape index (κ3) is 3.48. The molecule has 0 bridgehead atoms. The molecule has 0 aliphatic heterocycles. The van der Waals surface area contributed by atoms with E-state index in [1.807, 2.05) is 6.92 Å². The fraction of sp³-hybridized carbons (Fsp3) is 0.417.